The van der Waals surface area contributed by atoms with Crippen LogP contribution in [-0.2, 0) is 14.4 Å². The number of nitrogens with zero attached hydrogens (tertiary/aromatic N) is 2. The Kier molecular flexibility index (Phi) is 18.3. The zero-order chi connectivity index (χ0) is 34.9. The van der Waals surface area contributed by atoms with Crippen molar-refractivity contribution < 1.29 is 24.6 Å². The lowest BCUT2D eigenvalue weighted by Crippen LogP contribution is -2.54. The fourth-order valence-electron chi connectivity index (χ4n) is 8.31. The summed E-state index contributed by atoms with van der Waals surface area (Å²) < 4.78 is 0. The van der Waals surface area contributed by atoms with Gasteiger partial charge in [-0.2, -0.15) is 0 Å². The van der Waals surface area contributed by atoms with Crippen LogP contribution in [0.25, 0.3) is 0 Å². The topological polar surface area (TPSA) is 122 Å². The number of carbonyl (C=O) groups excluding carboxylic acids is 3. The molecule has 0 radical (unpaired) electrons. The molecule has 0 aromatic heterocycles. The third-order valence-electron chi connectivity index (χ3n) is 10.9. The molecule has 3 saturated carbocycles. The van der Waals surface area contributed by atoms with Gasteiger partial charge in [-0.1, -0.05) is 46.5 Å². The minimum atomic E-state index is -0.885. The summed E-state index contributed by atoms with van der Waals surface area (Å²) in [5.74, 6) is 6.40. The monoisotopic (exact) mass is 673 g/mol. The molecule has 9 heteroatoms. The summed E-state index contributed by atoms with van der Waals surface area (Å²) in [6.07, 6.45) is 14.4. The van der Waals surface area contributed by atoms with Crippen LogP contribution in [0.1, 0.15) is 143 Å². The normalized spacial score (nSPS) is 26.2. The van der Waals surface area contributed by atoms with Crippen LogP contribution in [0.2, 0.25) is 0 Å². The van der Waals surface area contributed by atoms with Crippen molar-refractivity contribution in [2.45, 2.75) is 162 Å². The summed E-state index contributed by atoms with van der Waals surface area (Å²) in [5, 5.41) is 27.0. The Hall–Kier alpha value is -2.15. The summed E-state index contributed by atoms with van der Waals surface area (Å²) in [4.78, 5) is 42.8. The third kappa shape index (κ3) is 13.6. The van der Waals surface area contributed by atoms with E-state index in [9.17, 15) is 24.6 Å². The molecule has 9 nitrogen and oxygen atoms in total. The Morgan fingerprint density at radius 2 is 1.50 bits per heavy atom. The van der Waals surface area contributed by atoms with Crippen molar-refractivity contribution in [1.29, 1.82) is 0 Å². The first-order valence-corrected chi connectivity index (χ1v) is 19.6. The number of carbonyl (C=O) groups is 3. The predicted molar refractivity (Wildman–Crippen MR) is 191 cm³/mol. The number of aliphatic hydroxyl groups excluding tert-OH is 2. The highest BCUT2D eigenvalue weighted by atomic mass is 16.3. The van der Waals surface area contributed by atoms with Gasteiger partial charge >= 0.3 is 0 Å². The maximum Gasteiger partial charge on any atom is 0.234 e. The molecule has 48 heavy (non-hydrogen) atoms. The lowest BCUT2D eigenvalue weighted by atomic mass is 9.74. The first-order chi connectivity index (χ1) is 23.2. The van der Waals surface area contributed by atoms with E-state index in [1.807, 2.05) is 16.8 Å². The van der Waals surface area contributed by atoms with Crippen molar-refractivity contribution in [1.82, 2.24) is 20.7 Å². The number of hydrazine groups is 1. The third-order valence-corrected chi connectivity index (χ3v) is 10.9. The van der Waals surface area contributed by atoms with Crippen molar-refractivity contribution in [3.63, 3.8) is 0 Å². The summed E-state index contributed by atoms with van der Waals surface area (Å²) in [7, 11) is 0. The van der Waals surface area contributed by atoms with Crippen LogP contribution < -0.4 is 10.7 Å². The quantitative estimate of drug-likeness (QED) is 0.111. The van der Waals surface area contributed by atoms with E-state index in [1.165, 1.54) is 19.3 Å². The molecule has 0 heterocycles. The molecule has 0 spiro atoms. The molecular formula is C39H68N4O5. The van der Waals surface area contributed by atoms with E-state index < -0.39 is 12.1 Å². The number of nitrogens with one attached hydrogen (secondary N) is 2. The Labute approximate surface area is 291 Å². The summed E-state index contributed by atoms with van der Waals surface area (Å²) in [6, 6.07) is -0.499. The average molecular weight is 673 g/mol. The second kappa shape index (κ2) is 21.8. The number of aliphatic hydroxyl groups is 2. The van der Waals surface area contributed by atoms with E-state index >= 15 is 0 Å². The second-order valence-electron chi connectivity index (χ2n) is 15.2. The van der Waals surface area contributed by atoms with Crippen LogP contribution in [0.15, 0.2) is 0 Å². The smallest absolute Gasteiger partial charge is 0.234 e. The summed E-state index contributed by atoms with van der Waals surface area (Å²) in [6.45, 7) is 10.4. The highest BCUT2D eigenvalue weighted by Gasteiger charge is 2.39. The van der Waals surface area contributed by atoms with Gasteiger partial charge in [0.25, 0.3) is 0 Å². The molecule has 5 unspecified atom stereocenters. The van der Waals surface area contributed by atoms with Crippen LogP contribution in [0.5, 0.6) is 0 Å². The maximum absolute atomic E-state index is 14.1. The molecule has 0 aromatic rings. The number of unbranched alkanes of at least 4 members (excludes halogenated alkanes) is 1. The van der Waals surface area contributed by atoms with Gasteiger partial charge in [0.2, 0.25) is 17.7 Å². The molecule has 274 valence electrons. The van der Waals surface area contributed by atoms with Crippen LogP contribution in [0.4, 0.5) is 0 Å². The number of hydrogen-bond acceptors (Lipinski definition) is 6. The first-order valence-electron chi connectivity index (χ1n) is 19.6. The van der Waals surface area contributed by atoms with Crippen molar-refractivity contribution >= 4 is 17.7 Å². The fraction of sp³-hybridized carbons (Fsp3) is 0.872. The minimum absolute atomic E-state index is 0.00763. The van der Waals surface area contributed by atoms with Gasteiger partial charge in [0.15, 0.2) is 0 Å². The van der Waals surface area contributed by atoms with Crippen molar-refractivity contribution in [2.24, 2.45) is 29.6 Å². The van der Waals surface area contributed by atoms with Gasteiger partial charge < -0.3 is 20.4 Å². The number of amides is 3. The molecule has 3 amide bonds. The van der Waals surface area contributed by atoms with Crippen LogP contribution in [0.3, 0.4) is 0 Å². The largest absolute Gasteiger partial charge is 0.393 e. The molecule has 0 aromatic carbocycles. The standard InChI is InChI=1S/C39H68N4O5/c1-5-9-22-43(41-37(46)26-29-14-11-10-12-15-29)28-36(45)35(25-30-16-18-34(44)19-17-30)40-38(47)32-23-31(13-6-2)24-33(27-32)39(48)42(20-7-3)21-8-4/h29-36,44-45H,5,7-12,14-28H2,1-4H3,(H,40,47)(H,41,46). The van der Waals surface area contributed by atoms with Crippen molar-refractivity contribution in [3.05, 3.63) is 0 Å². The highest BCUT2D eigenvalue weighted by Crippen LogP contribution is 2.35. The molecule has 3 rings (SSSR count). The van der Waals surface area contributed by atoms with Gasteiger partial charge in [-0.25, -0.2) is 5.01 Å². The highest BCUT2D eigenvalue weighted by molar-refractivity contribution is 5.83. The van der Waals surface area contributed by atoms with Gasteiger partial charge in [0, 0.05) is 50.4 Å². The van der Waals surface area contributed by atoms with E-state index in [0.717, 1.165) is 77.3 Å². The van der Waals surface area contributed by atoms with Crippen LogP contribution in [0, 0.1) is 41.4 Å². The Morgan fingerprint density at radius 3 is 2.12 bits per heavy atom. The molecule has 0 bridgehead atoms. The van der Waals surface area contributed by atoms with Crippen molar-refractivity contribution in [2.75, 3.05) is 26.2 Å². The molecule has 5 atom stereocenters. The minimum Gasteiger partial charge on any atom is -0.393 e. The van der Waals surface area contributed by atoms with E-state index in [4.69, 9.17) is 0 Å². The summed E-state index contributed by atoms with van der Waals surface area (Å²) >= 11 is 0. The van der Waals surface area contributed by atoms with Crippen LogP contribution >= 0.6 is 0 Å². The second-order valence-corrected chi connectivity index (χ2v) is 15.2. The van der Waals surface area contributed by atoms with E-state index in [2.05, 4.69) is 43.4 Å². The predicted octanol–water partition coefficient (Wildman–Crippen LogP) is 5.58. The zero-order valence-electron chi connectivity index (χ0n) is 30.7. The molecule has 4 N–H and O–H groups in total. The number of hydrogen-bond donors (Lipinski definition) is 4. The summed E-state index contributed by atoms with van der Waals surface area (Å²) in [5.41, 5.74) is 3.11. The lowest BCUT2D eigenvalue weighted by Gasteiger charge is -2.37. The lowest BCUT2D eigenvalue weighted by molar-refractivity contribution is -0.139. The van der Waals surface area contributed by atoms with E-state index in [1.54, 1.807) is 0 Å². The maximum atomic E-state index is 14.1. The van der Waals surface area contributed by atoms with Crippen LogP contribution in [-0.4, -0.2) is 82.3 Å². The van der Waals surface area contributed by atoms with E-state index in [0.29, 0.717) is 44.6 Å². The molecular weight excluding hydrogens is 604 g/mol. The van der Waals surface area contributed by atoms with Gasteiger partial charge in [0.05, 0.1) is 18.2 Å². The molecule has 0 saturated heterocycles. The SMILES string of the molecule is CC#CC1CC(C(=O)NC(CC2CCC(O)CC2)C(O)CN(CCCC)NC(=O)CC2CCCCC2)CC(C(=O)N(CCC)CCC)C1. The Morgan fingerprint density at radius 1 is 0.833 bits per heavy atom. The Balaban J connectivity index is 1.74. The van der Waals surface area contributed by atoms with Gasteiger partial charge in [0.1, 0.15) is 0 Å². The average Bonchev–Trinajstić information content (AvgIpc) is 3.07. The molecule has 3 aliphatic rings. The Bertz CT molecular complexity index is 1020. The zero-order valence-corrected chi connectivity index (χ0v) is 30.7. The van der Waals surface area contributed by atoms with Gasteiger partial charge in [-0.3, -0.25) is 19.8 Å². The van der Waals surface area contributed by atoms with E-state index in [-0.39, 0.29) is 54.0 Å². The molecule has 0 aliphatic heterocycles. The first kappa shape index (κ1) is 40.3. The van der Waals surface area contributed by atoms with Gasteiger partial charge in [-0.05, 0) is 102 Å². The van der Waals surface area contributed by atoms with Gasteiger partial charge in [-0.15, -0.1) is 11.8 Å². The van der Waals surface area contributed by atoms with Crippen molar-refractivity contribution in [3.8, 4) is 11.8 Å². The molecule has 3 aliphatic carbocycles. The molecule has 3 fully saturated rings. The fourth-order valence-corrected chi connectivity index (χ4v) is 8.31. The number of rotatable bonds is 18.